The summed E-state index contributed by atoms with van der Waals surface area (Å²) in [5, 5.41) is 2.91. The summed E-state index contributed by atoms with van der Waals surface area (Å²) >= 11 is 0. The molecule has 160 valence electrons. The largest absolute Gasteiger partial charge is 0.353 e. The molecule has 3 rings (SSSR count). The van der Waals surface area contributed by atoms with Crippen molar-refractivity contribution >= 4 is 11.8 Å². The molecule has 30 heavy (non-hydrogen) atoms. The molecule has 0 saturated carbocycles. The fourth-order valence-corrected chi connectivity index (χ4v) is 3.64. The molecule has 1 aliphatic heterocycles. The van der Waals surface area contributed by atoms with Crippen LogP contribution in [-0.4, -0.2) is 79.9 Å². The van der Waals surface area contributed by atoms with E-state index in [1.165, 1.54) is 11.1 Å². The second-order valence-corrected chi connectivity index (χ2v) is 8.16. The lowest BCUT2D eigenvalue weighted by Crippen LogP contribution is -2.56. The fourth-order valence-electron chi connectivity index (χ4n) is 3.64. The third kappa shape index (κ3) is 5.90. The molecule has 0 aliphatic carbocycles. The van der Waals surface area contributed by atoms with Gasteiger partial charge in [0.1, 0.15) is 0 Å². The van der Waals surface area contributed by atoms with Gasteiger partial charge in [-0.3, -0.25) is 14.5 Å². The molecule has 1 heterocycles. The lowest BCUT2D eigenvalue weighted by molar-refractivity contribution is -0.138. The van der Waals surface area contributed by atoms with E-state index < -0.39 is 6.04 Å². The van der Waals surface area contributed by atoms with Crippen molar-refractivity contribution < 1.29 is 9.59 Å². The second kappa shape index (κ2) is 10.4. The molecule has 0 spiro atoms. The number of amides is 2. The van der Waals surface area contributed by atoms with Crippen molar-refractivity contribution in [2.24, 2.45) is 0 Å². The standard InChI is InChI=1S/C24H32N4O2/c1-26(2)15-16-27(3)23(29)17-22-24(30)25-13-14-28(22)18-19-9-11-21(12-10-19)20-7-5-4-6-8-20/h4-12,22H,13-18H2,1-3H3,(H,25,30). The summed E-state index contributed by atoms with van der Waals surface area (Å²) in [7, 11) is 5.77. The molecule has 1 saturated heterocycles. The van der Waals surface area contributed by atoms with Gasteiger partial charge in [0.05, 0.1) is 12.5 Å². The number of likely N-dealkylation sites (N-methyl/N-ethyl adjacent to an activating group) is 2. The number of hydrogen-bond acceptors (Lipinski definition) is 4. The highest BCUT2D eigenvalue weighted by molar-refractivity contribution is 5.88. The highest BCUT2D eigenvalue weighted by atomic mass is 16.2. The van der Waals surface area contributed by atoms with Crippen LogP contribution in [0.1, 0.15) is 12.0 Å². The summed E-state index contributed by atoms with van der Waals surface area (Å²) in [5.74, 6) is -0.0557. The van der Waals surface area contributed by atoms with E-state index in [1.807, 2.05) is 37.2 Å². The molecule has 0 aromatic heterocycles. The smallest absolute Gasteiger partial charge is 0.237 e. The van der Waals surface area contributed by atoms with E-state index >= 15 is 0 Å². The Labute approximate surface area is 179 Å². The fraction of sp³-hybridized carbons (Fsp3) is 0.417. The molecule has 1 N–H and O–H groups in total. The second-order valence-electron chi connectivity index (χ2n) is 8.16. The molecular weight excluding hydrogens is 376 g/mol. The maximum absolute atomic E-state index is 12.7. The summed E-state index contributed by atoms with van der Waals surface area (Å²) in [6.45, 7) is 3.47. The summed E-state index contributed by atoms with van der Waals surface area (Å²) in [6, 6.07) is 18.3. The number of hydrogen-bond donors (Lipinski definition) is 1. The zero-order valence-corrected chi connectivity index (χ0v) is 18.2. The number of piperazine rings is 1. The van der Waals surface area contributed by atoms with Crippen LogP contribution >= 0.6 is 0 Å². The van der Waals surface area contributed by atoms with Gasteiger partial charge in [-0.1, -0.05) is 54.6 Å². The lowest BCUT2D eigenvalue weighted by Gasteiger charge is -2.35. The van der Waals surface area contributed by atoms with Crippen LogP contribution in [0.2, 0.25) is 0 Å². The van der Waals surface area contributed by atoms with Crippen molar-refractivity contribution in [1.29, 1.82) is 0 Å². The van der Waals surface area contributed by atoms with Crippen molar-refractivity contribution in [2.45, 2.75) is 19.0 Å². The number of rotatable bonds is 8. The zero-order valence-electron chi connectivity index (χ0n) is 18.2. The van der Waals surface area contributed by atoms with Gasteiger partial charge in [-0.15, -0.1) is 0 Å². The monoisotopic (exact) mass is 408 g/mol. The van der Waals surface area contributed by atoms with Gasteiger partial charge < -0.3 is 15.1 Å². The third-order valence-electron chi connectivity index (χ3n) is 5.56. The van der Waals surface area contributed by atoms with Gasteiger partial charge >= 0.3 is 0 Å². The molecule has 2 aromatic carbocycles. The van der Waals surface area contributed by atoms with E-state index in [4.69, 9.17) is 0 Å². The molecule has 0 bridgehead atoms. The van der Waals surface area contributed by atoms with Crippen LogP contribution in [0.4, 0.5) is 0 Å². The summed E-state index contributed by atoms with van der Waals surface area (Å²) in [6.07, 6.45) is 0.206. The Hall–Kier alpha value is -2.70. The Kier molecular flexibility index (Phi) is 7.60. The molecule has 6 heteroatoms. The minimum absolute atomic E-state index is 0.00308. The molecule has 1 unspecified atom stereocenters. The van der Waals surface area contributed by atoms with Crippen LogP contribution in [0.5, 0.6) is 0 Å². The predicted molar refractivity (Wildman–Crippen MR) is 120 cm³/mol. The van der Waals surface area contributed by atoms with E-state index in [2.05, 4.69) is 46.6 Å². The van der Waals surface area contributed by atoms with E-state index in [0.717, 1.165) is 18.7 Å². The summed E-state index contributed by atoms with van der Waals surface area (Å²) in [5.41, 5.74) is 3.50. The first-order valence-electron chi connectivity index (χ1n) is 10.5. The van der Waals surface area contributed by atoms with Crippen molar-refractivity contribution in [3.05, 3.63) is 60.2 Å². The van der Waals surface area contributed by atoms with Gasteiger partial charge in [0.15, 0.2) is 0 Å². The molecule has 1 atom stereocenters. The van der Waals surface area contributed by atoms with E-state index in [9.17, 15) is 9.59 Å². The van der Waals surface area contributed by atoms with Crippen LogP contribution in [0.25, 0.3) is 11.1 Å². The SMILES string of the molecule is CN(C)CCN(C)C(=O)CC1C(=O)NCCN1Cc1ccc(-c2ccccc2)cc1. The topological polar surface area (TPSA) is 55.9 Å². The summed E-state index contributed by atoms with van der Waals surface area (Å²) < 4.78 is 0. The molecule has 1 fully saturated rings. The van der Waals surface area contributed by atoms with Crippen LogP contribution < -0.4 is 5.32 Å². The van der Waals surface area contributed by atoms with Crippen molar-refractivity contribution in [3.8, 4) is 11.1 Å². The molecular formula is C24H32N4O2. The minimum Gasteiger partial charge on any atom is -0.353 e. The van der Waals surface area contributed by atoms with Gasteiger partial charge in [-0.2, -0.15) is 0 Å². The number of nitrogens with zero attached hydrogens (tertiary/aromatic N) is 3. The van der Waals surface area contributed by atoms with Crippen LogP contribution in [-0.2, 0) is 16.1 Å². The average Bonchev–Trinajstić information content (AvgIpc) is 2.75. The Morgan fingerprint density at radius 2 is 1.67 bits per heavy atom. The molecule has 0 radical (unpaired) electrons. The predicted octanol–water partition coefficient (Wildman–Crippen LogP) is 2.06. The van der Waals surface area contributed by atoms with Crippen molar-refractivity contribution in [2.75, 3.05) is 47.3 Å². The van der Waals surface area contributed by atoms with Gasteiger partial charge in [0.2, 0.25) is 11.8 Å². The zero-order chi connectivity index (χ0) is 21.5. The van der Waals surface area contributed by atoms with Crippen LogP contribution in [0, 0.1) is 0 Å². The third-order valence-corrected chi connectivity index (χ3v) is 5.56. The number of nitrogens with one attached hydrogen (secondary N) is 1. The number of carbonyl (C=O) groups is 2. The maximum atomic E-state index is 12.7. The van der Waals surface area contributed by atoms with E-state index in [0.29, 0.717) is 19.6 Å². The highest BCUT2D eigenvalue weighted by Gasteiger charge is 2.32. The quantitative estimate of drug-likeness (QED) is 0.727. The minimum atomic E-state index is -0.429. The summed E-state index contributed by atoms with van der Waals surface area (Å²) in [4.78, 5) is 31.1. The molecule has 2 amide bonds. The van der Waals surface area contributed by atoms with Gasteiger partial charge in [0.25, 0.3) is 0 Å². The molecule has 6 nitrogen and oxygen atoms in total. The average molecular weight is 409 g/mol. The maximum Gasteiger partial charge on any atom is 0.237 e. The van der Waals surface area contributed by atoms with Crippen molar-refractivity contribution in [3.63, 3.8) is 0 Å². The normalized spacial score (nSPS) is 17.1. The van der Waals surface area contributed by atoms with Crippen molar-refractivity contribution in [1.82, 2.24) is 20.0 Å². The first kappa shape index (κ1) is 22.0. The van der Waals surface area contributed by atoms with E-state index in [1.54, 1.807) is 11.9 Å². The first-order chi connectivity index (χ1) is 14.4. The van der Waals surface area contributed by atoms with Crippen LogP contribution in [0.3, 0.4) is 0 Å². The first-order valence-corrected chi connectivity index (χ1v) is 10.5. The Morgan fingerprint density at radius 3 is 2.33 bits per heavy atom. The van der Waals surface area contributed by atoms with E-state index in [-0.39, 0.29) is 18.2 Å². The van der Waals surface area contributed by atoms with Gasteiger partial charge in [0, 0.05) is 39.8 Å². The molecule has 1 aliphatic rings. The number of carbonyl (C=O) groups excluding carboxylic acids is 2. The Morgan fingerprint density at radius 1 is 1.00 bits per heavy atom. The van der Waals surface area contributed by atoms with Crippen LogP contribution in [0.15, 0.2) is 54.6 Å². The lowest BCUT2D eigenvalue weighted by atomic mass is 10.0. The van der Waals surface area contributed by atoms with Gasteiger partial charge in [-0.25, -0.2) is 0 Å². The Bertz CT molecular complexity index is 836. The van der Waals surface area contributed by atoms with Gasteiger partial charge in [-0.05, 0) is 30.8 Å². The molecule has 2 aromatic rings. The highest BCUT2D eigenvalue weighted by Crippen LogP contribution is 2.21. The Balaban J connectivity index is 1.64. The number of benzene rings is 2.